The summed E-state index contributed by atoms with van der Waals surface area (Å²) in [5.41, 5.74) is 4.06. The molecule has 0 aromatic heterocycles. The van der Waals surface area contributed by atoms with Crippen molar-refractivity contribution in [3.8, 4) is 0 Å². The van der Waals surface area contributed by atoms with E-state index in [0.29, 0.717) is 6.54 Å². The van der Waals surface area contributed by atoms with Crippen molar-refractivity contribution in [3.05, 3.63) is 33.3 Å². The summed E-state index contributed by atoms with van der Waals surface area (Å²) in [4.78, 5) is 13.4. The van der Waals surface area contributed by atoms with Crippen LogP contribution in [0.25, 0.3) is 0 Å². The number of fused-ring (bicyclic) bond motifs is 1. The zero-order valence-corrected chi connectivity index (χ0v) is 11.7. The fourth-order valence-electron chi connectivity index (χ4n) is 2.31. The second-order valence-corrected chi connectivity index (χ2v) is 5.31. The van der Waals surface area contributed by atoms with Crippen molar-refractivity contribution in [1.29, 1.82) is 0 Å². The minimum atomic E-state index is -0.167. The number of halogens is 1. The molecule has 3 nitrogen and oxygen atoms in total. The Morgan fingerprint density at radius 1 is 1.53 bits per heavy atom. The smallest absolute Gasteiger partial charge is 0.319 e. The lowest BCUT2D eigenvalue weighted by Crippen LogP contribution is -2.35. The summed E-state index contributed by atoms with van der Waals surface area (Å²) >= 11 is 3.52. The number of rotatable bonds is 2. The molecule has 0 N–H and O–H groups in total. The first-order valence-electron chi connectivity index (χ1n) is 5.67. The Labute approximate surface area is 110 Å². The van der Waals surface area contributed by atoms with Gasteiger partial charge in [-0.25, -0.2) is 0 Å². The SMILES string of the molecule is COC(=O)CN1CCc2c(C)cc(Br)cc2C1. The van der Waals surface area contributed by atoms with Crippen LogP contribution in [0.15, 0.2) is 16.6 Å². The van der Waals surface area contributed by atoms with Gasteiger partial charge in [0, 0.05) is 17.6 Å². The van der Waals surface area contributed by atoms with Crippen molar-refractivity contribution in [2.24, 2.45) is 0 Å². The van der Waals surface area contributed by atoms with Crippen LogP contribution >= 0.6 is 15.9 Å². The third-order valence-electron chi connectivity index (χ3n) is 3.18. The Kier molecular flexibility index (Phi) is 3.84. The fourth-order valence-corrected chi connectivity index (χ4v) is 2.93. The van der Waals surface area contributed by atoms with Crippen LogP contribution in [0.1, 0.15) is 16.7 Å². The Morgan fingerprint density at radius 2 is 2.29 bits per heavy atom. The van der Waals surface area contributed by atoms with E-state index in [1.165, 1.54) is 23.8 Å². The standard InChI is InChI=1S/C13H16BrNO2/c1-9-5-11(14)6-10-7-15(4-3-12(9)10)8-13(16)17-2/h5-6H,3-4,7-8H2,1-2H3. The average molecular weight is 298 g/mol. The van der Waals surface area contributed by atoms with Crippen molar-refractivity contribution in [1.82, 2.24) is 4.90 Å². The fraction of sp³-hybridized carbons (Fsp3) is 0.462. The molecule has 1 aliphatic heterocycles. The monoisotopic (exact) mass is 297 g/mol. The van der Waals surface area contributed by atoms with Crippen LogP contribution in [-0.2, 0) is 22.5 Å². The summed E-state index contributed by atoms with van der Waals surface area (Å²) in [6.45, 7) is 4.26. The predicted octanol–water partition coefficient (Wildman–Crippen LogP) is 2.29. The van der Waals surface area contributed by atoms with Crippen LogP contribution < -0.4 is 0 Å². The highest BCUT2D eigenvalue weighted by atomic mass is 79.9. The van der Waals surface area contributed by atoms with Gasteiger partial charge in [0.1, 0.15) is 0 Å². The number of hydrogen-bond acceptors (Lipinski definition) is 3. The highest BCUT2D eigenvalue weighted by Gasteiger charge is 2.20. The number of aryl methyl sites for hydroxylation is 1. The molecule has 4 heteroatoms. The number of nitrogens with zero attached hydrogens (tertiary/aromatic N) is 1. The molecule has 0 saturated carbocycles. The van der Waals surface area contributed by atoms with Gasteiger partial charge in [-0.3, -0.25) is 9.69 Å². The molecule has 0 amide bonds. The van der Waals surface area contributed by atoms with Gasteiger partial charge in [-0.15, -0.1) is 0 Å². The van der Waals surface area contributed by atoms with Crippen LogP contribution in [0.2, 0.25) is 0 Å². The molecule has 0 radical (unpaired) electrons. The van der Waals surface area contributed by atoms with E-state index in [9.17, 15) is 4.79 Å². The van der Waals surface area contributed by atoms with E-state index in [-0.39, 0.29) is 5.97 Å². The van der Waals surface area contributed by atoms with E-state index in [2.05, 4.69) is 39.9 Å². The van der Waals surface area contributed by atoms with Gasteiger partial charge in [-0.1, -0.05) is 15.9 Å². The predicted molar refractivity (Wildman–Crippen MR) is 69.9 cm³/mol. The molecule has 1 heterocycles. The number of esters is 1. The second-order valence-electron chi connectivity index (χ2n) is 4.40. The maximum absolute atomic E-state index is 11.3. The molecular formula is C13H16BrNO2. The number of ether oxygens (including phenoxy) is 1. The van der Waals surface area contributed by atoms with Crippen molar-refractivity contribution < 1.29 is 9.53 Å². The summed E-state index contributed by atoms with van der Waals surface area (Å²) in [6, 6.07) is 4.29. The third-order valence-corrected chi connectivity index (χ3v) is 3.64. The molecular weight excluding hydrogens is 282 g/mol. The second kappa shape index (κ2) is 5.19. The Balaban J connectivity index is 2.15. The van der Waals surface area contributed by atoms with E-state index >= 15 is 0 Å². The summed E-state index contributed by atoms with van der Waals surface area (Å²) in [5.74, 6) is -0.167. The maximum Gasteiger partial charge on any atom is 0.319 e. The number of carbonyl (C=O) groups is 1. The van der Waals surface area contributed by atoms with E-state index in [1.807, 2.05) is 0 Å². The van der Waals surface area contributed by atoms with Crippen LogP contribution in [0.4, 0.5) is 0 Å². The van der Waals surface area contributed by atoms with Crippen molar-refractivity contribution >= 4 is 21.9 Å². The van der Waals surface area contributed by atoms with Crippen LogP contribution in [0.3, 0.4) is 0 Å². The molecule has 0 atom stereocenters. The van der Waals surface area contributed by atoms with Gasteiger partial charge in [-0.05, 0) is 42.2 Å². The third kappa shape index (κ3) is 2.87. The highest BCUT2D eigenvalue weighted by molar-refractivity contribution is 9.10. The molecule has 1 aromatic rings. The Morgan fingerprint density at radius 3 is 3.00 bits per heavy atom. The topological polar surface area (TPSA) is 29.5 Å². The zero-order valence-electron chi connectivity index (χ0n) is 10.1. The van der Waals surface area contributed by atoms with E-state index < -0.39 is 0 Å². The van der Waals surface area contributed by atoms with Gasteiger partial charge in [0.05, 0.1) is 13.7 Å². The van der Waals surface area contributed by atoms with Crippen molar-refractivity contribution in [2.75, 3.05) is 20.2 Å². The van der Waals surface area contributed by atoms with Crippen molar-refractivity contribution in [3.63, 3.8) is 0 Å². The maximum atomic E-state index is 11.3. The van der Waals surface area contributed by atoms with Crippen LogP contribution in [0.5, 0.6) is 0 Å². The first kappa shape index (κ1) is 12.6. The molecule has 92 valence electrons. The molecule has 2 rings (SSSR count). The van der Waals surface area contributed by atoms with Gasteiger partial charge in [0.15, 0.2) is 0 Å². The van der Waals surface area contributed by atoms with Gasteiger partial charge in [-0.2, -0.15) is 0 Å². The molecule has 0 spiro atoms. The Bertz CT molecular complexity index is 445. The molecule has 0 fully saturated rings. The normalized spacial score (nSPS) is 15.5. The minimum Gasteiger partial charge on any atom is -0.468 e. The molecule has 0 saturated heterocycles. The summed E-state index contributed by atoms with van der Waals surface area (Å²) in [6.07, 6.45) is 1.01. The van der Waals surface area contributed by atoms with E-state index in [1.54, 1.807) is 0 Å². The van der Waals surface area contributed by atoms with Crippen molar-refractivity contribution in [2.45, 2.75) is 19.9 Å². The quantitative estimate of drug-likeness (QED) is 0.785. The van der Waals surface area contributed by atoms with Gasteiger partial charge in [0.2, 0.25) is 0 Å². The zero-order chi connectivity index (χ0) is 12.4. The lowest BCUT2D eigenvalue weighted by atomic mass is 9.95. The minimum absolute atomic E-state index is 0.167. The molecule has 17 heavy (non-hydrogen) atoms. The summed E-state index contributed by atoms with van der Waals surface area (Å²) < 4.78 is 5.80. The number of methoxy groups -OCH3 is 1. The van der Waals surface area contributed by atoms with Gasteiger partial charge >= 0.3 is 5.97 Å². The first-order chi connectivity index (χ1) is 8.10. The first-order valence-corrected chi connectivity index (χ1v) is 6.46. The molecule has 1 aliphatic rings. The number of carbonyl (C=O) groups excluding carboxylic acids is 1. The van der Waals surface area contributed by atoms with Gasteiger partial charge < -0.3 is 4.74 Å². The molecule has 1 aromatic carbocycles. The highest BCUT2D eigenvalue weighted by Crippen LogP contribution is 2.26. The van der Waals surface area contributed by atoms with Crippen LogP contribution in [0, 0.1) is 6.92 Å². The van der Waals surface area contributed by atoms with E-state index in [4.69, 9.17) is 4.74 Å². The average Bonchev–Trinajstić information content (AvgIpc) is 2.28. The van der Waals surface area contributed by atoms with Gasteiger partial charge in [0.25, 0.3) is 0 Å². The number of hydrogen-bond donors (Lipinski definition) is 0. The lowest BCUT2D eigenvalue weighted by Gasteiger charge is -2.29. The lowest BCUT2D eigenvalue weighted by molar-refractivity contribution is -0.142. The molecule has 0 bridgehead atoms. The summed E-state index contributed by atoms with van der Waals surface area (Å²) in [5, 5.41) is 0. The Hall–Kier alpha value is -0.870. The largest absolute Gasteiger partial charge is 0.468 e. The summed E-state index contributed by atoms with van der Waals surface area (Å²) in [7, 11) is 1.43. The number of benzene rings is 1. The molecule has 0 aliphatic carbocycles. The van der Waals surface area contributed by atoms with Crippen LogP contribution in [-0.4, -0.2) is 31.1 Å². The molecule has 0 unspecified atom stereocenters. The van der Waals surface area contributed by atoms with E-state index in [0.717, 1.165) is 24.0 Å².